The van der Waals surface area contributed by atoms with Gasteiger partial charge in [-0.2, -0.15) is 5.26 Å². The first-order valence-electron chi connectivity index (χ1n) is 9.17. The number of hydrogen-bond acceptors (Lipinski definition) is 7. The molecule has 1 aliphatic rings. The average Bonchev–Trinajstić information content (AvgIpc) is 3.16. The smallest absolute Gasteiger partial charge is 0.273 e. The van der Waals surface area contributed by atoms with Gasteiger partial charge in [-0.1, -0.05) is 18.2 Å². The van der Waals surface area contributed by atoms with Crippen molar-refractivity contribution in [2.24, 2.45) is 5.73 Å². The Morgan fingerprint density at radius 1 is 1.30 bits per heavy atom. The summed E-state index contributed by atoms with van der Waals surface area (Å²) in [5.74, 6) is -0.0416. The van der Waals surface area contributed by atoms with E-state index in [9.17, 15) is 15.4 Å². The van der Waals surface area contributed by atoms with Crippen molar-refractivity contribution in [2.45, 2.75) is 12.8 Å². The van der Waals surface area contributed by atoms with E-state index >= 15 is 0 Å². The number of nitriles is 1. The number of para-hydroxylation sites is 1. The van der Waals surface area contributed by atoms with E-state index in [0.717, 1.165) is 5.56 Å². The van der Waals surface area contributed by atoms with E-state index in [1.807, 2.05) is 37.3 Å². The summed E-state index contributed by atoms with van der Waals surface area (Å²) in [5.41, 5.74) is 8.11. The predicted molar refractivity (Wildman–Crippen MR) is 108 cm³/mol. The number of hydrogen-bond donors (Lipinski definition) is 2. The van der Waals surface area contributed by atoms with Gasteiger partial charge in [0.15, 0.2) is 0 Å². The van der Waals surface area contributed by atoms with Gasteiger partial charge in [-0.05, 0) is 31.2 Å². The summed E-state index contributed by atoms with van der Waals surface area (Å²) in [6.45, 7) is 2.44. The fraction of sp³-hybridized carbons (Fsp3) is 0.143. The van der Waals surface area contributed by atoms with Crippen LogP contribution in [0.3, 0.4) is 0 Å². The molecular formula is C21H17N5O4. The Morgan fingerprint density at radius 3 is 2.70 bits per heavy atom. The van der Waals surface area contributed by atoms with Crippen molar-refractivity contribution >= 4 is 5.69 Å². The standard InChI is InChI=1S/C21H17N5O4/c1-2-29-13-9-7-12(8-10-13)19-18-17(14-5-3-4-6-16(14)26(27)28)15(11-22)20(23)30-21(18)25-24-19/h3-10,17H,2,23H2,1H3,(H,24,25). The van der Waals surface area contributed by atoms with E-state index in [1.165, 1.54) is 6.07 Å². The lowest BCUT2D eigenvalue weighted by Crippen LogP contribution is -2.21. The van der Waals surface area contributed by atoms with Crippen molar-refractivity contribution in [1.82, 2.24) is 10.2 Å². The minimum Gasteiger partial charge on any atom is -0.494 e. The molecule has 3 aromatic rings. The van der Waals surface area contributed by atoms with Gasteiger partial charge in [-0.3, -0.25) is 15.2 Å². The second kappa shape index (κ2) is 7.60. The summed E-state index contributed by atoms with van der Waals surface area (Å²) < 4.78 is 11.0. The van der Waals surface area contributed by atoms with Gasteiger partial charge in [0.2, 0.25) is 11.8 Å². The van der Waals surface area contributed by atoms with Crippen molar-refractivity contribution in [3.05, 3.63) is 81.2 Å². The molecule has 1 aromatic heterocycles. The van der Waals surface area contributed by atoms with Crippen molar-refractivity contribution in [1.29, 1.82) is 5.26 Å². The Balaban J connectivity index is 1.92. The van der Waals surface area contributed by atoms with Gasteiger partial charge < -0.3 is 15.2 Å². The Bertz CT molecular complexity index is 1190. The quantitative estimate of drug-likeness (QED) is 0.490. The summed E-state index contributed by atoms with van der Waals surface area (Å²) in [6, 6.07) is 15.6. The van der Waals surface area contributed by atoms with Crippen LogP contribution < -0.4 is 15.2 Å². The summed E-state index contributed by atoms with van der Waals surface area (Å²) in [6.07, 6.45) is 0. The molecule has 1 aliphatic heterocycles. The minimum atomic E-state index is -0.805. The lowest BCUT2D eigenvalue weighted by atomic mass is 9.82. The van der Waals surface area contributed by atoms with Gasteiger partial charge in [-0.25, -0.2) is 0 Å². The average molecular weight is 403 g/mol. The van der Waals surface area contributed by atoms with Gasteiger partial charge in [0.25, 0.3) is 5.69 Å². The SMILES string of the molecule is CCOc1ccc(-c2[nH]nc3c2C(c2ccccc2[N+](=O)[O-])C(C#N)=C(N)O3)cc1. The van der Waals surface area contributed by atoms with Crippen LogP contribution in [0, 0.1) is 21.4 Å². The molecule has 1 unspecified atom stereocenters. The van der Waals surface area contributed by atoms with Crippen LogP contribution in [0.2, 0.25) is 0 Å². The molecule has 0 saturated heterocycles. The highest BCUT2D eigenvalue weighted by Gasteiger charge is 2.38. The number of ether oxygens (including phenoxy) is 2. The number of benzene rings is 2. The molecule has 0 aliphatic carbocycles. The van der Waals surface area contributed by atoms with Gasteiger partial charge in [0.05, 0.1) is 28.7 Å². The Hall–Kier alpha value is -4.32. The molecule has 0 spiro atoms. The van der Waals surface area contributed by atoms with Crippen LogP contribution in [0.15, 0.2) is 60.0 Å². The minimum absolute atomic E-state index is 0.0883. The van der Waals surface area contributed by atoms with E-state index in [4.69, 9.17) is 15.2 Å². The van der Waals surface area contributed by atoms with Gasteiger partial charge in [-0.15, -0.1) is 5.10 Å². The maximum Gasteiger partial charge on any atom is 0.273 e. The van der Waals surface area contributed by atoms with Crippen LogP contribution in [-0.2, 0) is 0 Å². The van der Waals surface area contributed by atoms with Gasteiger partial charge >= 0.3 is 0 Å². The van der Waals surface area contributed by atoms with Crippen LogP contribution in [-0.4, -0.2) is 21.7 Å². The molecule has 2 heterocycles. The number of fused-ring (bicyclic) bond motifs is 1. The first-order valence-corrected chi connectivity index (χ1v) is 9.17. The summed E-state index contributed by atoms with van der Waals surface area (Å²) in [7, 11) is 0. The first kappa shape index (κ1) is 19.0. The van der Waals surface area contributed by atoms with Crippen LogP contribution in [0.5, 0.6) is 11.6 Å². The number of nitro groups is 1. The zero-order valence-electron chi connectivity index (χ0n) is 16.0. The zero-order valence-corrected chi connectivity index (χ0v) is 16.0. The number of nitrogens with two attached hydrogens (primary N) is 1. The molecule has 0 saturated carbocycles. The maximum atomic E-state index is 11.7. The lowest BCUT2D eigenvalue weighted by Gasteiger charge is -2.23. The first-order chi connectivity index (χ1) is 14.5. The predicted octanol–water partition coefficient (Wildman–Crippen LogP) is 3.60. The van der Waals surface area contributed by atoms with Crippen molar-refractivity contribution < 1.29 is 14.4 Å². The van der Waals surface area contributed by atoms with Gasteiger partial charge in [0.1, 0.15) is 17.4 Å². The highest BCUT2D eigenvalue weighted by molar-refractivity contribution is 5.72. The third-order valence-electron chi connectivity index (χ3n) is 4.84. The Morgan fingerprint density at radius 2 is 2.03 bits per heavy atom. The molecule has 0 amide bonds. The van der Waals surface area contributed by atoms with E-state index in [2.05, 4.69) is 10.2 Å². The van der Waals surface area contributed by atoms with Crippen LogP contribution in [0.1, 0.15) is 24.0 Å². The molecule has 9 nitrogen and oxygen atoms in total. The third kappa shape index (κ3) is 3.10. The summed E-state index contributed by atoms with van der Waals surface area (Å²) in [4.78, 5) is 11.2. The number of aromatic amines is 1. The van der Waals surface area contributed by atoms with E-state index in [-0.39, 0.29) is 23.0 Å². The van der Waals surface area contributed by atoms with Gasteiger partial charge in [0, 0.05) is 17.2 Å². The fourth-order valence-corrected chi connectivity index (χ4v) is 3.56. The Labute approximate surface area is 171 Å². The second-order valence-electron chi connectivity index (χ2n) is 6.52. The monoisotopic (exact) mass is 403 g/mol. The number of H-pyrrole nitrogens is 1. The molecule has 4 rings (SSSR count). The second-order valence-corrected chi connectivity index (χ2v) is 6.52. The summed E-state index contributed by atoms with van der Waals surface area (Å²) in [5, 5.41) is 28.5. The van der Waals surface area contributed by atoms with Crippen molar-refractivity contribution in [2.75, 3.05) is 6.61 Å². The molecule has 150 valence electrons. The molecular weight excluding hydrogens is 386 g/mol. The van der Waals surface area contributed by atoms with E-state index in [1.54, 1.807) is 18.2 Å². The van der Waals surface area contributed by atoms with Crippen molar-refractivity contribution in [3.8, 4) is 29.0 Å². The largest absolute Gasteiger partial charge is 0.494 e. The highest BCUT2D eigenvalue weighted by atomic mass is 16.6. The molecule has 0 fully saturated rings. The number of aromatic nitrogens is 2. The van der Waals surface area contributed by atoms with Crippen LogP contribution >= 0.6 is 0 Å². The molecule has 0 bridgehead atoms. The molecule has 0 radical (unpaired) electrons. The molecule has 3 N–H and O–H groups in total. The fourth-order valence-electron chi connectivity index (χ4n) is 3.56. The van der Waals surface area contributed by atoms with E-state index in [0.29, 0.717) is 29.2 Å². The number of nitrogens with one attached hydrogen (secondary N) is 1. The van der Waals surface area contributed by atoms with Crippen LogP contribution in [0.4, 0.5) is 5.69 Å². The molecule has 1 atom stereocenters. The number of rotatable bonds is 5. The normalized spacial score (nSPS) is 15.1. The van der Waals surface area contributed by atoms with Crippen LogP contribution in [0.25, 0.3) is 11.3 Å². The number of nitro benzene ring substituents is 1. The molecule has 30 heavy (non-hydrogen) atoms. The molecule has 2 aromatic carbocycles. The lowest BCUT2D eigenvalue weighted by molar-refractivity contribution is -0.385. The topological polar surface area (TPSA) is 140 Å². The maximum absolute atomic E-state index is 11.7. The highest BCUT2D eigenvalue weighted by Crippen LogP contribution is 2.47. The number of nitrogens with zero attached hydrogens (tertiary/aromatic N) is 3. The zero-order chi connectivity index (χ0) is 21.3. The number of allylic oxidation sites excluding steroid dienone is 1. The summed E-state index contributed by atoms with van der Waals surface area (Å²) >= 11 is 0. The van der Waals surface area contributed by atoms with E-state index < -0.39 is 10.8 Å². The molecule has 9 heteroatoms. The Kier molecular flexibility index (Phi) is 4.82. The third-order valence-corrected chi connectivity index (χ3v) is 4.84. The van der Waals surface area contributed by atoms with Crippen molar-refractivity contribution in [3.63, 3.8) is 0 Å².